The van der Waals surface area contributed by atoms with Crippen LogP contribution < -0.4 is 0 Å². The Kier molecular flexibility index (Phi) is 5.44. The van der Waals surface area contributed by atoms with Gasteiger partial charge < -0.3 is 0 Å². The molecule has 1 unspecified atom stereocenters. The minimum atomic E-state index is -0.335. The molecule has 0 N–H and O–H groups in total. The minimum Gasteiger partial charge on any atom is -0.0751 e. The third kappa shape index (κ3) is 3.23. The highest BCUT2D eigenvalue weighted by Crippen LogP contribution is 2.63. The van der Waals surface area contributed by atoms with Gasteiger partial charge in [-0.1, -0.05) is 153 Å². The lowest BCUT2D eigenvalue weighted by atomic mass is 9.55. The van der Waals surface area contributed by atoms with Gasteiger partial charge in [0.1, 0.15) is 0 Å². The molecule has 0 saturated carbocycles. The summed E-state index contributed by atoms with van der Waals surface area (Å²) >= 11 is 0. The molecule has 0 aliphatic heterocycles. The van der Waals surface area contributed by atoms with Crippen LogP contribution in [0.1, 0.15) is 70.5 Å². The molecule has 0 heterocycles. The Bertz CT molecular complexity index is 1550. The summed E-state index contributed by atoms with van der Waals surface area (Å²) in [4.78, 5) is 0. The predicted octanol–water partition coefficient (Wildman–Crippen LogP) is 9.72. The van der Waals surface area contributed by atoms with E-state index in [4.69, 9.17) is 0 Å². The normalized spacial score (nSPS) is 15.9. The second-order valence-electron chi connectivity index (χ2n) is 11.1. The molecular weight excluding hydrogens is 456 g/mol. The van der Waals surface area contributed by atoms with Crippen LogP contribution in [-0.2, 0) is 5.41 Å². The van der Waals surface area contributed by atoms with Crippen molar-refractivity contribution in [2.24, 2.45) is 0 Å². The van der Waals surface area contributed by atoms with Crippen LogP contribution in [0.3, 0.4) is 0 Å². The molecule has 2 aliphatic carbocycles. The van der Waals surface area contributed by atoms with Crippen molar-refractivity contribution in [1.29, 1.82) is 0 Å². The predicted molar refractivity (Wildman–Crippen MR) is 160 cm³/mol. The van der Waals surface area contributed by atoms with Crippen molar-refractivity contribution in [2.75, 3.05) is 0 Å². The Balaban J connectivity index is 1.64. The van der Waals surface area contributed by atoms with Crippen LogP contribution in [0, 0.1) is 0 Å². The molecule has 0 spiro atoms. The minimum absolute atomic E-state index is 0.167. The van der Waals surface area contributed by atoms with Gasteiger partial charge in [-0.05, 0) is 56.0 Å². The number of benzene rings is 5. The van der Waals surface area contributed by atoms with Crippen molar-refractivity contribution in [3.8, 4) is 11.1 Å². The van der Waals surface area contributed by atoms with Gasteiger partial charge >= 0.3 is 0 Å². The highest BCUT2D eigenvalue weighted by Gasteiger charge is 2.53. The highest BCUT2D eigenvalue weighted by molar-refractivity contribution is 5.82. The summed E-state index contributed by atoms with van der Waals surface area (Å²) in [5, 5.41) is 0. The highest BCUT2D eigenvalue weighted by atomic mass is 14.5. The molecule has 0 heteroatoms. The zero-order valence-electron chi connectivity index (χ0n) is 22.0. The maximum absolute atomic E-state index is 2.50. The molecule has 184 valence electrons. The molecule has 0 nitrogen and oxygen atoms in total. The van der Waals surface area contributed by atoms with E-state index in [2.05, 4.69) is 153 Å². The summed E-state index contributed by atoms with van der Waals surface area (Å²) in [6, 6.07) is 47.7. The average molecular weight is 489 g/mol. The summed E-state index contributed by atoms with van der Waals surface area (Å²) in [5.41, 5.74) is 12.3. The Morgan fingerprint density at radius 2 is 1.08 bits per heavy atom. The lowest BCUT2D eigenvalue weighted by molar-refractivity contribution is 0.414. The quantitative estimate of drug-likeness (QED) is 0.231. The van der Waals surface area contributed by atoms with E-state index >= 15 is 0 Å². The summed E-state index contributed by atoms with van der Waals surface area (Å²) in [7, 11) is 0. The molecule has 0 saturated heterocycles. The largest absolute Gasteiger partial charge is 0.0751 e. The molecule has 2 aliphatic rings. The van der Waals surface area contributed by atoms with E-state index in [9.17, 15) is 0 Å². The van der Waals surface area contributed by atoms with E-state index in [1.807, 2.05) is 0 Å². The fraction of sp³-hybridized carbons (Fsp3) is 0.158. The summed E-state index contributed by atoms with van der Waals surface area (Å²) in [6.07, 6.45) is 4.87. The molecule has 0 fully saturated rings. The molecule has 0 amide bonds. The molecule has 0 bridgehead atoms. The van der Waals surface area contributed by atoms with Gasteiger partial charge in [0.25, 0.3) is 0 Å². The van der Waals surface area contributed by atoms with Crippen LogP contribution in [0.4, 0.5) is 0 Å². The van der Waals surface area contributed by atoms with Gasteiger partial charge in [0, 0.05) is 17.3 Å². The van der Waals surface area contributed by atoms with Gasteiger partial charge in [0.05, 0.1) is 0 Å². The first-order valence-electron chi connectivity index (χ1n) is 13.8. The summed E-state index contributed by atoms with van der Waals surface area (Å²) in [5.74, 6) is 0.797. The number of allylic oxidation sites excluding steroid dienone is 1. The average Bonchev–Trinajstić information content (AvgIpc) is 3.56. The first kappa shape index (κ1) is 23.0. The van der Waals surface area contributed by atoms with E-state index in [-0.39, 0.29) is 17.3 Å². The summed E-state index contributed by atoms with van der Waals surface area (Å²) < 4.78 is 0. The molecule has 0 aromatic heterocycles. The van der Waals surface area contributed by atoms with Crippen molar-refractivity contribution >= 4 is 6.08 Å². The van der Waals surface area contributed by atoms with E-state index in [0.717, 1.165) is 0 Å². The molecule has 5 aromatic carbocycles. The Labute approximate surface area is 226 Å². The maximum atomic E-state index is 2.50. The standard InChI is InChI=1S/C38H32/c1-26(2)30-23-13-14-27-24-25-35(36(27)30)38(28-15-5-3-6-16-28,29-17-7-4-8-18-29)37-33-21-11-9-19-31(33)32-20-10-12-22-34(32)37/h3-26,35,37H,1-2H3. The molecule has 38 heavy (non-hydrogen) atoms. The lowest BCUT2D eigenvalue weighted by Crippen LogP contribution is -2.40. The van der Waals surface area contributed by atoms with E-state index in [1.165, 1.54) is 50.1 Å². The monoisotopic (exact) mass is 488 g/mol. The molecule has 1 atom stereocenters. The van der Waals surface area contributed by atoms with Crippen molar-refractivity contribution in [2.45, 2.75) is 37.0 Å². The van der Waals surface area contributed by atoms with Gasteiger partial charge in [-0.3, -0.25) is 0 Å². The van der Waals surface area contributed by atoms with Crippen LogP contribution in [0.25, 0.3) is 17.2 Å². The van der Waals surface area contributed by atoms with Crippen LogP contribution in [-0.4, -0.2) is 0 Å². The number of hydrogen-bond donors (Lipinski definition) is 0. The topological polar surface area (TPSA) is 0 Å². The molecule has 5 aromatic rings. The van der Waals surface area contributed by atoms with Crippen LogP contribution in [0.2, 0.25) is 0 Å². The Morgan fingerprint density at radius 3 is 1.63 bits per heavy atom. The fourth-order valence-electron chi connectivity index (χ4n) is 7.40. The maximum Gasteiger partial charge on any atom is 0.0415 e. The van der Waals surface area contributed by atoms with Crippen LogP contribution >= 0.6 is 0 Å². The van der Waals surface area contributed by atoms with Crippen molar-refractivity contribution in [3.05, 3.63) is 172 Å². The SMILES string of the molecule is CC(C)c1cccc2c1C(C(c1ccccc1)(c1ccccc1)C1c3ccccc3-c3ccccc31)C=C2. The molecule has 7 rings (SSSR count). The van der Waals surface area contributed by atoms with E-state index in [1.54, 1.807) is 0 Å². The second-order valence-corrected chi connectivity index (χ2v) is 11.1. The van der Waals surface area contributed by atoms with Gasteiger partial charge in [-0.15, -0.1) is 0 Å². The van der Waals surface area contributed by atoms with Gasteiger partial charge in [0.2, 0.25) is 0 Å². The van der Waals surface area contributed by atoms with Crippen molar-refractivity contribution in [1.82, 2.24) is 0 Å². The van der Waals surface area contributed by atoms with Crippen molar-refractivity contribution < 1.29 is 0 Å². The van der Waals surface area contributed by atoms with Gasteiger partial charge in [-0.2, -0.15) is 0 Å². The Hall–Kier alpha value is -4.16. The molecule has 0 radical (unpaired) electrons. The third-order valence-electron chi connectivity index (χ3n) is 8.86. The van der Waals surface area contributed by atoms with Crippen LogP contribution in [0.15, 0.2) is 133 Å². The number of rotatable bonds is 5. The summed E-state index contributed by atoms with van der Waals surface area (Å²) in [6.45, 7) is 4.66. The first-order chi connectivity index (χ1) is 18.7. The Morgan fingerprint density at radius 1 is 0.553 bits per heavy atom. The second kappa shape index (κ2) is 8.99. The first-order valence-corrected chi connectivity index (χ1v) is 13.8. The third-order valence-corrected chi connectivity index (χ3v) is 8.86. The van der Waals surface area contributed by atoms with E-state index in [0.29, 0.717) is 5.92 Å². The van der Waals surface area contributed by atoms with Crippen molar-refractivity contribution in [3.63, 3.8) is 0 Å². The van der Waals surface area contributed by atoms with E-state index < -0.39 is 0 Å². The number of fused-ring (bicyclic) bond motifs is 4. The number of hydrogen-bond acceptors (Lipinski definition) is 0. The molecular formula is C38H32. The smallest absolute Gasteiger partial charge is 0.0415 e. The van der Waals surface area contributed by atoms with Gasteiger partial charge in [0.15, 0.2) is 0 Å². The van der Waals surface area contributed by atoms with Gasteiger partial charge in [-0.25, -0.2) is 0 Å². The zero-order valence-corrected chi connectivity index (χ0v) is 22.0. The van der Waals surface area contributed by atoms with Crippen LogP contribution in [0.5, 0.6) is 0 Å². The lowest BCUT2D eigenvalue weighted by Gasteiger charge is -2.46. The fourth-order valence-corrected chi connectivity index (χ4v) is 7.40. The zero-order chi connectivity index (χ0) is 25.7.